The third-order valence-electron chi connectivity index (χ3n) is 2.17. The topological polar surface area (TPSA) is 106 Å². The van der Waals surface area contributed by atoms with Crippen molar-refractivity contribution >= 4 is 5.91 Å². The van der Waals surface area contributed by atoms with Gasteiger partial charge >= 0.3 is 0 Å². The Hall–Kier alpha value is -1.47. The van der Waals surface area contributed by atoms with Crippen LogP contribution < -0.4 is 11.1 Å². The molecule has 1 amide bonds. The molecular formula is C7H11N5O2. The van der Waals surface area contributed by atoms with Crippen molar-refractivity contribution in [3.05, 3.63) is 11.9 Å². The highest BCUT2D eigenvalue weighted by atomic mass is 16.3. The van der Waals surface area contributed by atoms with Crippen LogP contribution in [0.2, 0.25) is 0 Å². The van der Waals surface area contributed by atoms with E-state index >= 15 is 0 Å². The Morgan fingerprint density at radius 2 is 2.50 bits per heavy atom. The van der Waals surface area contributed by atoms with Crippen LogP contribution in [0.4, 0.5) is 0 Å². The van der Waals surface area contributed by atoms with Crippen LogP contribution in [0, 0.1) is 0 Å². The van der Waals surface area contributed by atoms with E-state index in [2.05, 4.69) is 15.5 Å². The van der Waals surface area contributed by atoms with Crippen LogP contribution in [-0.2, 0) is 17.9 Å². The summed E-state index contributed by atoms with van der Waals surface area (Å²) in [6, 6.07) is -0.583. The van der Waals surface area contributed by atoms with Crippen LogP contribution in [0.15, 0.2) is 6.20 Å². The quantitative estimate of drug-likeness (QED) is 0.468. The molecule has 76 valence electrons. The van der Waals surface area contributed by atoms with Gasteiger partial charge in [-0.15, -0.1) is 0 Å². The number of amides is 1. The number of aromatic nitrogens is 3. The number of carbonyl (C=O) groups excluding carboxylic acids is 1. The molecule has 1 aliphatic rings. The second kappa shape index (κ2) is 3.35. The molecule has 1 aromatic rings. The standard InChI is InChI=1S/C7H11N5O2/c8-6-5(10-7(6)14)2-12-9-1-4(3-13)11-12/h1,5-6,13H,2-3,8H2,(H,10,14). The van der Waals surface area contributed by atoms with Crippen molar-refractivity contribution in [3.63, 3.8) is 0 Å². The normalized spacial score (nSPS) is 25.7. The van der Waals surface area contributed by atoms with Crippen LogP contribution in [0.25, 0.3) is 0 Å². The molecule has 1 aromatic heterocycles. The van der Waals surface area contributed by atoms with Gasteiger partial charge in [0.2, 0.25) is 5.91 Å². The van der Waals surface area contributed by atoms with Crippen molar-refractivity contribution in [1.29, 1.82) is 0 Å². The van der Waals surface area contributed by atoms with Gasteiger partial charge in [0.05, 0.1) is 25.4 Å². The first-order valence-corrected chi connectivity index (χ1v) is 4.26. The fourth-order valence-electron chi connectivity index (χ4n) is 1.28. The van der Waals surface area contributed by atoms with E-state index in [4.69, 9.17) is 10.8 Å². The van der Waals surface area contributed by atoms with E-state index in [0.29, 0.717) is 12.2 Å². The summed E-state index contributed by atoms with van der Waals surface area (Å²) in [4.78, 5) is 12.2. The molecular weight excluding hydrogens is 186 g/mol. The molecule has 14 heavy (non-hydrogen) atoms. The lowest BCUT2D eigenvalue weighted by Crippen LogP contribution is -2.68. The molecule has 2 unspecified atom stereocenters. The van der Waals surface area contributed by atoms with Gasteiger partial charge in [0, 0.05) is 0 Å². The van der Waals surface area contributed by atoms with E-state index in [1.807, 2.05) is 0 Å². The summed E-state index contributed by atoms with van der Waals surface area (Å²) in [5.74, 6) is -0.149. The summed E-state index contributed by atoms with van der Waals surface area (Å²) < 4.78 is 0. The second-order valence-electron chi connectivity index (χ2n) is 3.19. The van der Waals surface area contributed by atoms with E-state index in [1.54, 1.807) is 0 Å². The van der Waals surface area contributed by atoms with E-state index in [1.165, 1.54) is 11.0 Å². The molecule has 0 aliphatic carbocycles. The molecule has 7 nitrogen and oxygen atoms in total. The summed E-state index contributed by atoms with van der Waals surface area (Å²) in [5, 5.41) is 19.2. The van der Waals surface area contributed by atoms with Crippen LogP contribution in [0.3, 0.4) is 0 Å². The van der Waals surface area contributed by atoms with Crippen LogP contribution in [0.5, 0.6) is 0 Å². The Balaban J connectivity index is 1.95. The first-order valence-electron chi connectivity index (χ1n) is 4.26. The summed E-state index contributed by atoms with van der Waals surface area (Å²) in [6.45, 7) is 0.302. The van der Waals surface area contributed by atoms with Crippen molar-refractivity contribution in [2.45, 2.75) is 25.2 Å². The number of aliphatic hydroxyl groups excluding tert-OH is 1. The van der Waals surface area contributed by atoms with Crippen molar-refractivity contribution < 1.29 is 9.90 Å². The van der Waals surface area contributed by atoms with Gasteiger partial charge in [-0.3, -0.25) is 4.79 Å². The van der Waals surface area contributed by atoms with Crippen molar-refractivity contribution in [2.75, 3.05) is 0 Å². The summed E-state index contributed by atoms with van der Waals surface area (Å²) >= 11 is 0. The Morgan fingerprint density at radius 3 is 3.00 bits per heavy atom. The monoisotopic (exact) mass is 197 g/mol. The largest absolute Gasteiger partial charge is 0.390 e. The first-order chi connectivity index (χ1) is 6.70. The minimum Gasteiger partial charge on any atom is -0.390 e. The van der Waals surface area contributed by atoms with Gasteiger partial charge in [-0.25, -0.2) is 0 Å². The highest BCUT2D eigenvalue weighted by molar-refractivity contribution is 5.88. The average Bonchev–Trinajstić information content (AvgIpc) is 2.65. The number of hydrogen-bond acceptors (Lipinski definition) is 5. The van der Waals surface area contributed by atoms with Crippen molar-refractivity contribution in [1.82, 2.24) is 20.3 Å². The number of nitrogens with one attached hydrogen (secondary N) is 1. The minimum atomic E-state index is -0.474. The summed E-state index contributed by atoms with van der Waals surface area (Å²) in [6.07, 6.45) is 1.48. The van der Waals surface area contributed by atoms with Crippen LogP contribution >= 0.6 is 0 Å². The number of rotatable bonds is 3. The Labute approximate surface area is 79.9 Å². The molecule has 4 N–H and O–H groups in total. The third-order valence-corrected chi connectivity index (χ3v) is 2.17. The van der Waals surface area contributed by atoms with E-state index in [0.717, 1.165) is 0 Å². The molecule has 1 aliphatic heterocycles. The zero-order valence-electron chi connectivity index (χ0n) is 7.42. The molecule has 1 saturated heterocycles. The maximum absolute atomic E-state index is 10.8. The number of nitrogens with zero attached hydrogens (tertiary/aromatic N) is 3. The zero-order valence-corrected chi connectivity index (χ0v) is 7.42. The smallest absolute Gasteiger partial charge is 0.239 e. The number of aliphatic hydroxyl groups is 1. The molecule has 0 aromatic carbocycles. The first kappa shape index (κ1) is 9.10. The van der Waals surface area contributed by atoms with Crippen LogP contribution in [0.1, 0.15) is 5.69 Å². The van der Waals surface area contributed by atoms with Crippen molar-refractivity contribution in [3.8, 4) is 0 Å². The van der Waals surface area contributed by atoms with Crippen molar-refractivity contribution in [2.24, 2.45) is 5.73 Å². The highest BCUT2D eigenvalue weighted by Crippen LogP contribution is 2.05. The fraction of sp³-hybridized carbons (Fsp3) is 0.571. The molecule has 0 spiro atoms. The lowest BCUT2D eigenvalue weighted by atomic mass is 10.0. The molecule has 7 heteroatoms. The lowest BCUT2D eigenvalue weighted by molar-refractivity contribution is -0.130. The van der Waals surface area contributed by atoms with E-state index < -0.39 is 6.04 Å². The highest BCUT2D eigenvalue weighted by Gasteiger charge is 2.36. The predicted octanol–water partition coefficient (Wildman–Crippen LogP) is -2.40. The molecule has 0 radical (unpaired) electrons. The van der Waals surface area contributed by atoms with Gasteiger partial charge in [0.15, 0.2) is 0 Å². The average molecular weight is 197 g/mol. The summed E-state index contributed by atoms with van der Waals surface area (Å²) in [5.41, 5.74) is 6.03. The van der Waals surface area contributed by atoms with Crippen LogP contribution in [-0.4, -0.2) is 38.1 Å². The fourth-order valence-corrected chi connectivity index (χ4v) is 1.28. The summed E-state index contributed by atoms with van der Waals surface area (Å²) in [7, 11) is 0. The zero-order chi connectivity index (χ0) is 10.1. The van der Waals surface area contributed by atoms with Gasteiger partial charge in [-0.2, -0.15) is 15.0 Å². The van der Waals surface area contributed by atoms with Gasteiger partial charge in [-0.05, 0) is 0 Å². The third kappa shape index (κ3) is 1.47. The van der Waals surface area contributed by atoms with E-state index in [-0.39, 0.29) is 18.6 Å². The molecule has 2 rings (SSSR count). The number of nitrogens with two attached hydrogens (primary N) is 1. The van der Waals surface area contributed by atoms with Gasteiger partial charge < -0.3 is 16.2 Å². The predicted molar refractivity (Wildman–Crippen MR) is 45.9 cm³/mol. The molecule has 0 saturated carbocycles. The van der Waals surface area contributed by atoms with E-state index in [9.17, 15) is 4.79 Å². The lowest BCUT2D eigenvalue weighted by Gasteiger charge is -2.33. The maximum Gasteiger partial charge on any atom is 0.239 e. The molecule has 2 atom stereocenters. The maximum atomic E-state index is 10.8. The molecule has 2 heterocycles. The Bertz CT molecular complexity index is 350. The minimum absolute atomic E-state index is 0.110. The van der Waals surface area contributed by atoms with Gasteiger partial charge in [0.25, 0.3) is 0 Å². The van der Waals surface area contributed by atoms with Gasteiger partial charge in [-0.1, -0.05) is 0 Å². The number of carbonyl (C=O) groups is 1. The number of β-lactam (4-membered cyclic amide) rings is 1. The van der Waals surface area contributed by atoms with Gasteiger partial charge in [0.1, 0.15) is 11.7 Å². The molecule has 0 bridgehead atoms. The SMILES string of the molecule is NC1C(=O)NC1Cn1ncc(CO)n1. The Kier molecular flexibility index (Phi) is 2.18. The number of hydrogen-bond donors (Lipinski definition) is 3. The second-order valence-corrected chi connectivity index (χ2v) is 3.19. The Morgan fingerprint density at radius 1 is 1.71 bits per heavy atom. The molecule has 1 fully saturated rings.